The molecule has 0 aliphatic rings. The van der Waals surface area contributed by atoms with Gasteiger partial charge in [0.2, 0.25) is 0 Å². The lowest BCUT2D eigenvalue weighted by molar-refractivity contribution is 0.0602. The molecular weight excluding hydrogens is 232 g/mol. The molecule has 1 aromatic rings. The fourth-order valence-corrected chi connectivity index (χ4v) is 3.50. The van der Waals surface area contributed by atoms with Crippen LogP contribution in [0.4, 0.5) is 0 Å². The van der Waals surface area contributed by atoms with Gasteiger partial charge in [-0.05, 0) is 41.4 Å². The maximum absolute atomic E-state index is 11.4. The van der Waals surface area contributed by atoms with Gasteiger partial charge in [0, 0.05) is 0 Å². The van der Waals surface area contributed by atoms with E-state index in [-0.39, 0.29) is 5.97 Å². The number of thiophene rings is 1. The lowest BCUT2D eigenvalue weighted by Crippen LogP contribution is -2.00. The van der Waals surface area contributed by atoms with Crippen molar-refractivity contribution in [1.82, 2.24) is 0 Å². The Kier molecular flexibility index (Phi) is 5.01. The van der Waals surface area contributed by atoms with E-state index in [0.29, 0.717) is 11.5 Å². The SMILES string of the molecule is C/C=S(/OCC)c1ccsc1C(=O)OC. The second kappa shape index (κ2) is 6.05. The summed E-state index contributed by atoms with van der Waals surface area (Å²) in [6.45, 7) is 4.50. The Hall–Kier alpha value is -0.650. The second-order valence-electron chi connectivity index (χ2n) is 2.55. The molecule has 0 saturated heterocycles. The molecule has 1 rings (SSSR count). The highest BCUT2D eigenvalue weighted by atomic mass is 32.2. The summed E-state index contributed by atoms with van der Waals surface area (Å²) in [6, 6.07) is 1.91. The first-order valence-electron chi connectivity index (χ1n) is 4.56. The van der Waals surface area contributed by atoms with E-state index in [1.807, 2.05) is 30.7 Å². The Morgan fingerprint density at radius 1 is 1.67 bits per heavy atom. The molecule has 0 spiro atoms. The molecule has 1 atom stereocenters. The normalized spacial score (nSPS) is 12.7. The molecule has 0 amide bonds. The van der Waals surface area contributed by atoms with Gasteiger partial charge in [0.25, 0.3) is 0 Å². The van der Waals surface area contributed by atoms with Gasteiger partial charge in [0.1, 0.15) is 4.88 Å². The van der Waals surface area contributed by atoms with E-state index in [1.165, 1.54) is 18.4 Å². The van der Waals surface area contributed by atoms with Crippen molar-refractivity contribution < 1.29 is 13.7 Å². The van der Waals surface area contributed by atoms with Crippen molar-refractivity contribution in [3.63, 3.8) is 0 Å². The molecule has 0 aliphatic heterocycles. The second-order valence-corrected chi connectivity index (χ2v) is 5.20. The predicted molar refractivity (Wildman–Crippen MR) is 64.9 cm³/mol. The fraction of sp³-hybridized carbons (Fsp3) is 0.400. The zero-order valence-electron chi connectivity index (χ0n) is 8.98. The van der Waals surface area contributed by atoms with Gasteiger partial charge in [-0.2, -0.15) is 0 Å². The zero-order chi connectivity index (χ0) is 11.3. The molecule has 3 nitrogen and oxygen atoms in total. The average molecular weight is 246 g/mol. The topological polar surface area (TPSA) is 35.5 Å². The lowest BCUT2D eigenvalue weighted by atomic mass is 10.5. The first kappa shape index (κ1) is 12.4. The van der Waals surface area contributed by atoms with Crippen molar-refractivity contribution in [2.75, 3.05) is 13.7 Å². The van der Waals surface area contributed by atoms with Gasteiger partial charge in [0.15, 0.2) is 0 Å². The van der Waals surface area contributed by atoms with E-state index in [2.05, 4.69) is 0 Å². The minimum atomic E-state index is -0.413. The number of methoxy groups -OCH3 is 1. The Bertz CT molecular complexity index is 368. The summed E-state index contributed by atoms with van der Waals surface area (Å²) in [5, 5.41) is 3.84. The van der Waals surface area contributed by atoms with Crippen LogP contribution in [0.3, 0.4) is 0 Å². The van der Waals surface area contributed by atoms with Crippen LogP contribution in [-0.2, 0) is 8.92 Å². The van der Waals surface area contributed by atoms with Crippen LogP contribution in [0.2, 0.25) is 0 Å². The number of ether oxygens (including phenoxy) is 1. The van der Waals surface area contributed by atoms with Gasteiger partial charge in [-0.15, -0.1) is 11.3 Å². The van der Waals surface area contributed by atoms with Crippen LogP contribution in [0, 0.1) is 0 Å². The smallest absolute Gasteiger partial charge is 0.349 e. The minimum absolute atomic E-state index is 0.293. The van der Waals surface area contributed by atoms with Crippen LogP contribution in [0.1, 0.15) is 23.5 Å². The Labute approximate surface area is 96.2 Å². The number of carbonyl (C=O) groups excluding carboxylic acids is 1. The lowest BCUT2D eigenvalue weighted by Gasteiger charge is -2.07. The Balaban J connectivity index is 3.03. The molecule has 1 unspecified atom stereocenters. The summed E-state index contributed by atoms with van der Waals surface area (Å²) in [4.78, 5) is 13.0. The quantitative estimate of drug-likeness (QED) is 0.605. The monoisotopic (exact) mass is 246 g/mol. The molecule has 84 valence electrons. The average Bonchev–Trinajstić information content (AvgIpc) is 2.73. The van der Waals surface area contributed by atoms with E-state index in [1.54, 1.807) is 0 Å². The van der Waals surface area contributed by atoms with Gasteiger partial charge in [0.05, 0.1) is 18.6 Å². The highest BCUT2D eigenvalue weighted by molar-refractivity contribution is 8.11. The molecule has 5 heteroatoms. The van der Waals surface area contributed by atoms with Gasteiger partial charge >= 0.3 is 5.97 Å². The summed E-state index contributed by atoms with van der Waals surface area (Å²) < 4.78 is 10.3. The molecule has 0 radical (unpaired) electrons. The Morgan fingerprint density at radius 2 is 2.40 bits per heavy atom. The van der Waals surface area contributed by atoms with Crippen molar-refractivity contribution >= 4 is 33.4 Å². The van der Waals surface area contributed by atoms with Crippen LogP contribution in [0.5, 0.6) is 0 Å². The molecule has 0 bridgehead atoms. The first-order chi connectivity index (χ1) is 7.24. The number of carbonyl (C=O) groups is 1. The van der Waals surface area contributed by atoms with Crippen LogP contribution in [0.15, 0.2) is 16.3 Å². The van der Waals surface area contributed by atoms with Gasteiger partial charge in [-0.25, -0.2) is 4.79 Å². The minimum Gasteiger partial charge on any atom is -0.465 e. The third kappa shape index (κ3) is 2.90. The standard InChI is InChI=1S/C10H14O3S2/c1-4-13-15(5-2)8-6-7-14-9(8)10(11)12-3/h5-7H,4H2,1-3H3. The molecule has 1 aromatic heterocycles. The van der Waals surface area contributed by atoms with Gasteiger partial charge < -0.3 is 8.92 Å². The van der Waals surface area contributed by atoms with E-state index < -0.39 is 10.8 Å². The molecule has 0 N–H and O–H groups in total. The van der Waals surface area contributed by atoms with Crippen LogP contribution in [0.25, 0.3) is 0 Å². The van der Waals surface area contributed by atoms with Crippen molar-refractivity contribution in [1.29, 1.82) is 0 Å². The van der Waals surface area contributed by atoms with E-state index >= 15 is 0 Å². The van der Waals surface area contributed by atoms with Crippen molar-refractivity contribution in [2.45, 2.75) is 18.7 Å². The molecule has 0 aromatic carbocycles. The third-order valence-corrected chi connectivity index (χ3v) is 4.39. The van der Waals surface area contributed by atoms with Crippen molar-refractivity contribution in [2.24, 2.45) is 0 Å². The van der Waals surface area contributed by atoms with E-state index in [0.717, 1.165) is 4.90 Å². The highest BCUT2D eigenvalue weighted by Crippen LogP contribution is 2.34. The van der Waals surface area contributed by atoms with E-state index in [4.69, 9.17) is 8.92 Å². The molecule has 1 heterocycles. The fourth-order valence-electron chi connectivity index (χ4n) is 1.08. The number of esters is 1. The maximum atomic E-state index is 11.4. The summed E-state index contributed by atoms with van der Waals surface area (Å²) >= 11 is 1.38. The molecule has 0 fully saturated rings. The van der Waals surface area contributed by atoms with Gasteiger partial charge in [-0.3, -0.25) is 0 Å². The summed E-state index contributed by atoms with van der Waals surface area (Å²) in [5.41, 5.74) is 0. The highest BCUT2D eigenvalue weighted by Gasteiger charge is 2.15. The molecule has 15 heavy (non-hydrogen) atoms. The first-order valence-corrected chi connectivity index (χ1v) is 6.65. The van der Waals surface area contributed by atoms with Crippen LogP contribution < -0.4 is 0 Å². The number of rotatable bonds is 4. The van der Waals surface area contributed by atoms with E-state index in [9.17, 15) is 4.79 Å². The maximum Gasteiger partial charge on any atom is 0.349 e. The third-order valence-electron chi connectivity index (χ3n) is 1.68. The van der Waals surface area contributed by atoms with Crippen LogP contribution in [-0.4, -0.2) is 25.1 Å². The predicted octanol–water partition coefficient (Wildman–Crippen LogP) is 2.94. The van der Waals surface area contributed by atoms with Crippen molar-refractivity contribution in [3.8, 4) is 0 Å². The largest absolute Gasteiger partial charge is 0.465 e. The summed E-state index contributed by atoms with van der Waals surface area (Å²) in [6.07, 6.45) is 0. The number of hydrogen-bond donors (Lipinski definition) is 0. The summed E-state index contributed by atoms with van der Waals surface area (Å²) in [5.74, 6) is -0.293. The molecule has 0 saturated carbocycles. The molecular formula is C10H14O3S2. The number of hydrogen-bond acceptors (Lipinski definition) is 4. The van der Waals surface area contributed by atoms with Gasteiger partial charge in [-0.1, -0.05) is 0 Å². The van der Waals surface area contributed by atoms with Crippen molar-refractivity contribution in [3.05, 3.63) is 16.3 Å². The summed E-state index contributed by atoms with van der Waals surface area (Å²) in [7, 11) is 0.976. The molecule has 0 aliphatic carbocycles. The zero-order valence-corrected chi connectivity index (χ0v) is 10.6. The van der Waals surface area contributed by atoms with Crippen LogP contribution >= 0.6 is 22.1 Å². The Morgan fingerprint density at radius 3 is 2.93 bits per heavy atom.